The van der Waals surface area contributed by atoms with Gasteiger partial charge in [0, 0.05) is 25.7 Å². The quantitative estimate of drug-likeness (QED) is 0.0169. The van der Waals surface area contributed by atoms with E-state index in [0.29, 0.717) is 25.7 Å². The first-order valence-electron chi connectivity index (χ1n) is 38.9. The lowest BCUT2D eigenvalue weighted by Gasteiger charge is -2.21. The predicted molar refractivity (Wildman–Crippen MR) is 390 cm³/mol. The number of hydrogen-bond donors (Lipinski definition) is 3. The van der Waals surface area contributed by atoms with Crippen LogP contribution in [0.5, 0.6) is 0 Å². The van der Waals surface area contributed by atoms with Crippen LogP contribution in [0.4, 0.5) is 0 Å². The lowest BCUT2D eigenvalue weighted by Crippen LogP contribution is -2.30. The SMILES string of the molecule is CCCCCC/C=C\C=C/CCCCCCCC(=O)OC[C@H](COP(=O)(O)OC[C@@H](O)COP(=O)(O)OC[C@@H](COC(=O)CCCCCCCCCCCCC)OC(=O)CCCCCCCCCCCCCCCCC)OC(=O)CCCCCCC/C=C\C=C/CCCCCC. The van der Waals surface area contributed by atoms with E-state index in [-0.39, 0.29) is 25.7 Å². The molecule has 0 aliphatic carbocycles. The standard InChI is InChI=1S/C77H142O17P2/c1-5-9-13-17-21-25-29-32-35-38-42-46-50-54-58-62-75(80)88-68-73(94-77(82)64-60-56-52-48-44-40-37-34-31-27-23-19-15-11-7-3)70-92-96(85,86)90-66-71(78)65-89-95(83,84)91-69-72(67-87-74(79)61-57-53-49-45-41-28-24-20-16-12-8-4)93-76(81)63-59-55-51-47-43-39-36-33-30-26-22-18-14-10-6-2/h25,27,29,31-32,34-35,37,71-73,78H,5-24,26,28,30,33,36,38-70H2,1-4H3,(H,83,84)(H,85,86)/b29-25-,31-27-,35-32-,37-34-/t71-,72+,73+/m0/s1. The molecule has 562 valence electrons. The van der Waals surface area contributed by atoms with Crippen LogP contribution >= 0.6 is 15.6 Å². The highest BCUT2D eigenvalue weighted by molar-refractivity contribution is 7.47. The molecule has 96 heavy (non-hydrogen) atoms. The van der Waals surface area contributed by atoms with Gasteiger partial charge < -0.3 is 33.8 Å². The fraction of sp³-hybridized carbons (Fsp3) is 0.844. The number of unbranched alkanes of at least 4 members (excludes halogenated alkanes) is 42. The van der Waals surface area contributed by atoms with Crippen LogP contribution in [0.3, 0.4) is 0 Å². The number of hydrogen-bond acceptors (Lipinski definition) is 15. The summed E-state index contributed by atoms with van der Waals surface area (Å²) in [5, 5.41) is 10.6. The second kappa shape index (κ2) is 70.5. The molecule has 0 saturated heterocycles. The number of carbonyl (C=O) groups is 4. The van der Waals surface area contributed by atoms with E-state index in [0.717, 1.165) is 122 Å². The summed E-state index contributed by atoms with van der Waals surface area (Å²) in [6, 6.07) is 0. The Morgan fingerprint density at radius 3 is 0.760 bits per heavy atom. The average molecular weight is 1400 g/mol. The van der Waals surface area contributed by atoms with Gasteiger partial charge in [-0.25, -0.2) is 9.13 Å². The van der Waals surface area contributed by atoms with Gasteiger partial charge in [-0.2, -0.15) is 0 Å². The number of ether oxygens (including phenoxy) is 4. The zero-order valence-corrected chi connectivity index (χ0v) is 63.1. The normalized spacial score (nSPS) is 14.2. The van der Waals surface area contributed by atoms with Gasteiger partial charge in [-0.1, -0.05) is 307 Å². The van der Waals surface area contributed by atoms with Gasteiger partial charge in [0.1, 0.15) is 19.3 Å². The van der Waals surface area contributed by atoms with Crippen LogP contribution in [-0.4, -0.2) is 96.7 Å². The van der Waals surface area contributed by atoms with Crippen molar-refractivity contribution in [3.8, 4) is 0 Å². The molecule has 0 fully saturated rings. The molecule has 0 aliphatic heterocycles. The van der Waals surface area contributed by atoms with E-state index in [1.165, 1.54) is 161 Å². The van der Waals surface area contributed by atoms with E-state index in [9.17, 15) is 43.2 Å². The van der Waals surface area contributed by atoms with Crippen molar-refractivity contribution in [2.24, 2.45) is 0 Å². The molecule has 0 saturated carbocycles. The summed E-state index contributed by atoms with van der Waals surface area (Å²) < 4.78 is 68.5. The van der Waals surface area contributed by atoms with Crippen LogP contribution in [0.15, 0.2) is 48.6 Å². The summed E-state index contributed by atoms with van der Waals surface area (Å²) in [5.74, 6) is -2.17. The third kappa shape index (κ3) is 69.5. The molecule has 0 aromatic rings. The molecule has 0 heterocycles. The highest BCUT2D eigenvalue weighted by atomic mass is 31.2. The Morgan fingerprint density at radius 1 is 0.292 bits per heavy atom. The largest absolute Gasteiger partial charge is 0.472 e. The van der Waals surface area contributed by atoms with Gasteiger partial charge in [0.2, 0.25) is 0 Å². The molecule has 0 rings (SSSR count). The molecular weight excluding hydrogens is 1260 g/mol. The maximum atomic E-state index is 13.1. The van der Waals surface area contributed by atoms with Gasteiger partial charge in [0.15, 0.2) is 12.2 Å². The molecule has 0 radical (unpaired) electrons. The Hall–Kier alpha value is -2.98. The maximum Gasteiger partial charge on any atom is 0.472 e. The fourth-order valence-corrected chi connectivity index (χ4v) is 12.4. The minimum Gasteiger partial charge on any atom is -0.462 e. The molecule has 19 heteroatoms. The second-order valence-electron chi connectivity index (χ2n) is 26.4. The van der Waals surface area contributed by atoms with Crippen molar-refractivity contribution in [3.63, 3.8) is 0 Å². The number of phosphoric ester groups is 2. The number of phosphoric acid groups is 2. The number of carbonyl (C=O) groups excluding carboxylic acids is 4. The zero-order valence-electron chi connectivity index (χ0n) is 61.3. The van der Waals surface area contributed by atoms with Crippen molar-refractivity contribution in [2.75, 3.05) is 39.6 Å². The Balaban J connectivity index is 5.32. The van der Waals surface area contributed by atoms with Crippen LogP contribution in [0.2, 0.25) is 0 Å². The molecular formula is C77H142O17P2. The minimum absolute atomic E-state index is 0.0786. The van der Waals surface area contributed by atoms with Crippen molar-refractivity contribution in [3.05, 3.63) is 48.6 Å². The van der Waals surface area contributed by atoms with Crippen molar-refractivity contribution in [2.45, 2.75) is 380 Å². The van der Waals surface area contributed by atoms with Crippen molar-refractivity contribution < 1.29 is 80.2 Å². The Kier molecular flexibility index (Phi) is 68.3. The van der Waals surface area contributed by atoms with Gasteiger partial charge in [-0.15, -0.1) is 0 Å². The van der Waals surface area contributed by atoms with Crippen LogP contribution < -0.4 is 0 Å². The third-order valence-electron chi connectivity index (χ3n) is 16.9. The molecule has 2 unspecified atom stereocenters. The molecule has 0 bridgehead atoms. The van der Waals surface area contributed by atoms with Crippen LogP contribution in [-0.2, 0) is 65.4 Å². The molecule has 3 N–H and O–H groups in total. The second-order valence-corrected chi connectivity index (χ2v) is 29.3. The summed E-state index contributed by atoms with van der Waals surface area (Å²) in [5.41, 5.74) is 0. The predicted octanol–water partition coefficient (Wildman–Crippen LogP) is 22.1. The summed E-state index contributed by atoms with van der Waals surface area (Å²) in [6.45, 7) is 4.86. The number of aliphatic hydroxyl groups excluding tert-OH is 1. The molecule has 0 spiro atoms. The van der Waals surface area contributed by atoms with Crippen molar-refractivity contribution in [1.82, 2.24) is 0 Å². The summed E-state index contributed by atoms with van der Waals surface area (Å²) in [6.07, 6.45) is 66.6. The van der Waals surface area contributed by atoms with Gasteiger partial charge >= 0.3 is 39.5 Å². The van der Waals surface area contributed by atoms with Gasteiger partial charge in [-0.05, 0) is 77.0 Å². The topological polar surface area (TPSA) is 237 Å². The number of aliphatic hydroxyl groups is 1. The first-order chi connectivity index (χ1) is 46.7. The summed E-state index contributed by atoms with van der Waals surface area (Å²) >= 11 is 0. The lowest BCUT2D eigenvalue weighted by molar-refractivity contribution is -0.161. The molecule has 0 amide bonds. The van der Waals surface area contributed by atoms with Crippen LogP contribution in [0.1, 0.15) is 362 Å². The van der Waals surface area contributed by atoms with E-state index in [2.05, 4.69) is 76.3 Å². The van der Waals surface area contributed by atoms with E-state index in [4.69, 9.17) is 37.0 Å². The molecule has 17 nitrogen and oxygen atoms in total. The summed E-state index contributed by atoms with van der Waals surface area (Å²) in [7, 11) is -9.93. The van der Waals surface area contributed by atoms with E-state index < -0.39 is 97.5 Å². The highest BCUT2D eigenvalue weighted by Gasteiger charge is 2.30. The van der Waals surface area contributed by atoms with Crippen molar-refractivity contribution in [1.29, 1.82) is 0 Å². The first kappa shape index (κ1) is 93.0. The van der Waals surface area contributed by atoms with Crippen LogP contribution in [0.25, 0.3) is 0 Å². The van der Waals surface area contributed by atoms with Crippen LogP contribution in [0, 0.1) is 0 Å². The smallest absolute Gasteiger partial charge is 0.462 e. The van der Waals surface area contributed by atoms with Crippen molar-refractivity contribution >= 4 is 39.5 Å². The van der Waals surface area contributed by atoms with Gasteiger partial charge in [0.05, 0.1) is 26.4 Å². The Bertz CT molecular complexity index is 2010. The summed E-state index contributed by atoms with van der Waals surface area (Å²) in [4.78, 5) is 72.8. The molecule has 0 aliphatic rings. The van der Waals surface area contributed by atoms with Gasteiger partial charge in [-0.3, -0.25) is 37.3 Å². The number of allylic oxidation sites excluding steroid dienone is 8. The molecule has 5 atom stereocenters. The minimum atomic E-state index is -4.97. The van der Waals surface area contributed by atoms with E-state index >= 15 is 0 Å². The zero-order chi connectivity index (χ0) is 70.4. The first-order valence-corrected chi connectivity index (χ1v) is 41.9. The Morgan fingerprint density at radius 2 is 0.500 bits per heavy atom. The molecule has 0 aromatic heterocycles. The average Bonchev–Trinajstić information content (AvgIpc) is 1.14. The van der Waals surface area contributed by atoms with E-state index in [1.807, 2.05) is 0 Å². The third-order valence-corrected chi connectivity index (χ3v) is 18.8. The Labute approximate surface area is 585 Å². The fourth-order valence-electron chi connectivity index (χ4n) is 10.9. The van der Waals surface area contributed by atoms with E-state index in [1.54, 1.807) is 0 Å². The maximum absolute atomic E-state index is 13.1. The lowest BCUT2D eigenvalue weighted by atomic mass is 10.0. The van der Waals surface area contributed by atoms with Gasteiger partial charge in [0.25, 0.3) is 0 Å². The molecule has 0 aromatic carbocycles. The highest BCUT2D eigenvalue weighted by Crippen LogP contribution is 2.45. The number of rotatable bonds is 74. The number of esters is 4. The monoisotopic (exact) mass is 1400 g/mol.